The highest BCUT2D eigenvalue weighted by Gasteiger charge is 2.26. The number of rotatable bonds is 6. The third-order valence-corrected chi connectivity index (χ3v) is 4.57. The standard InChI is InChI=1S/C18H29N3O2/c1-6-8-21-15(5)16(20-9-11-23-12-10-20)14(4)17(21)18(22)19-13(3)7-2/h6,13H,1,7-12H2,2-5H3,(H,19,22). The Kier molecular flexibility index (Phi) is 5.88. The Balaban J connectivity index is 2.43. The molecule has 23 heavy (non-hydrogen) atoms. The van der Waals surface area contributed by atoms with Gasteiger partial charge in [-0.25, -0.2) is 0 Å². The third-order valence-electron chi connectivity index (χ3n) is 4.57. The third kappa shape index (κ3) is 3.61. The molecule has 1 N–H and O–H groups in total. The lowest BCUT2D eigenvalue weighted by Gasteiger charge is -2.29. The van der Waals surface area contributed by atoms with Crippen LogP contribution >= 0.6 is 0 Å². The Morgan fingerprint density at radius 1 is 1.39 bits per heavy atom. The van der Waals surface area contributed by atoms with E-state index >= 15 is 0 Å². The van der Waals surface area contributed by atoms with Crippen molar-refractivity contribution >= 4 is 11.6 Å². The van der Waals surface area contributed by atoms with Crippen LogP contribution in [0.25, 0.3) is 0 Å². The molecular formula is C18H29N3O2. The summed E-state index contributed by atoms with van der Waals surface area (Å²) >= 11 is 0. The molecule has 0 spiro atoms. The van der Waals surface area contributed by atoms with Crippen LogP contribution in [0, 0.1) is 13.8 Å². The van der Waals surface area contributed by atoms with Crippen LogP contribution in [0.15, 0.2) is 12.7 Å². The van der Waals surface area contributed by atoms with E-state index in [1.165, 1.54) is 5.69 Å². The highest BCUT2D eigenvalue weighted by molar-refractivity contribution is 5.96. The molecule has 1 fully saturated rings. The fraction of sp³-hybridized carbons (Fsp3) is 0.611. The van der Waals surface area contributed by atoms with E-state index in [0.717, 1.165) is 49.7 Å². The predicted molar refractivity (Wildman–Crippen MR) is 94.4 cm³/mol. The van der Waals surface area contributed by atoms with Crippen LogP contribution in [0.1, 0.15) is 42.0 Å². The molecule has 0 saturated carbocycles. The number of ether oxygens (including phenoxy) is 1. The van der Waals surface area contributed by atoms with Gasteiger partial charge in [-0.05, 0) is 27.2 Å². The van der Waals surface area contributed by atoms with Gasteiger partial charge in [-0.1, -0.05) is 13.0 Å². The highest BCUT2D eigenvalue weighted by atomic mass is 16.5. The summed E-state index contributed by atoms with van der Waals surface area (Å²) in [5, 5.41) is 3.09. The second-order valence-electron chi connectivity index (χ2n) is 6.19. The number of nitrogens with zero attached hydrogens (tertiary/aromatic N) is 2. The number of carbonyl (C=O) groups is 1. The number of morpholine rings is 1. The minimum atomic E-state index is 0.00121. The maximum atomic E-state index is 12.8. The van der Waals surface area contributed by atoms with Crippen LogP contribution in [0.5, 0.6) is 0 Å². The summed E-state index contributed by atoms with van der Waals surface area (Å²) in [4.78, 5) is 15.1. The van der Waals surface area contributed by atoms with Crippen molar-refractivity contribution in [2.45, 2.75) is 46.7 Å². The number of hydrogen-bond donors (Lipinski definition) is 1. The summed E-state index contributed by atoms with van der Waals surface area (Å²) in [6, 6.07) is 0.168. The summed E-state index contributed by atoms with van der Waals surface area (Å²) in [6.45, 7) is 15.9. The molecule has 0 radical (unpaired) electrons. The average molecular weight is 319 g/mol. The molecule has 128 valence electrons. The molecule has 1 aromatic heterocycles. The first-order valence-corrected chi connectivity index (χ1v) is 8.45. The molecule has 5 heteroatoms. The Hall–Kier alpha value is -1.75. The number of carbonyl (C=O) groups excluding carboxylic acids is 1. The van der Waals surface area contributed by atoms with E-state index in [4.69, 9.17) is 4.74 Å². The lowest BCUT2D eigenvalue weighted by atomic mass is 10.1. The SMILES string of the molecule is C=CCn1c(C)c(N2CCOCC2)c(C)c1C(=O)NC(C)CC. The molecule has 1 saturated heterocycles. The Bertz CT molecular complexity index is 571. The molecule has 1 aliphatic rings. The molecule has 0 aliphatic carbocycles. The van der Waals surface area contributed by atoms with Gasteiger partial charge >= 0.3 is 0 Å². The summed E-state index contributed by atoms with van der Waals surface area (Å²) in [5.41, 5.74) is 4.10. The molecule has 1 aliphatic heterocycles. The zero-order chi connectivity index (χ0) is 17.0. The van der Waals surface area contributed by atoms with Gasteiger partial charge in [0.1, 0.15) is 5.69 Å². The van der Waals surface area contributed by atoms with Crippen LogP contribution in [-0.4, -0.2) is 42.8 Å². The van der Waals surface area contributed by atoms with E-state index in [2.05, 4.69) is 35.2 Å². The number of nitrogens with one attached hydrogen (secondary N) is 1. The zero-order valence-corrected chi connectivity index (χ0v) is 14.8. The Labute approximate surface area is 139 Å². The smallest absolute Gasteiger partial charge is 0.268 e. The summed E-state index contributed by atoms with van der Waals surface area (Å²) in [5.74, 6) is 0.00121. The minimum absolute atomic E-state index is 0.00121. The Morgan fingerprint density at radius 3 is 2.61 bits per heavy atom. The van der Waals surface area contributed by atoms with Gasteiger partial charge in [0.2, 0.25) is 0 Å². The van der Waals surface area contributed by atoms with Crippen LogP contribution in [0.3, 0.4) is 0 Å². The van der Waals surface area contributed by atoms with Gasteiger partial charge in [0.15, 0.2) is 0 Å². The number of hydrogen-bond acceptors (Lipinski definition) is 3. The van der Waals surface area contributed by atoms with Gasteiger partial charge in [-0.3, -0.25) is 4.79 Å². The van der Waals surface area contributed by atoms with Crippen molar-refractivity contribution in [1.82, 2.24) is 9.88 Å². The van der Waals surface area contributed by atoms with Crippen molar-refractivity contribution < 1.29 is 9.53 Å². The lowest BCUT2D eigenvalue weighted by molar-refractivity contribution is 0.0929. The van der Waals surface area contributed by atoms with Crippen molar-refractivity contribution in [3.63, 3.8) is 0 Å². The molecule has 1 unspecified atom stereocenters. The van der Waals surface area contributed by atoms with Crippen LogP contribution in [0.2, 0.25) is 0 Å². The molecule has 0 aromatic carbocycles. The molecule has 1 aromatic rings. The van der Waals surface area contributed by atoms with E-state index in [1.54, 1.807) is 0 Å². The van der Waals surface area contributed by atoms with Crippen LogP contribution < -0.4 is 10.2 Å². The first-order valence-electron chi connectivity index (χ1n) is 8.45. The lowest BCUT2D eigenvalue weighted by Crippen LogP contribution is -2.37. The van der Waals surface area contributed by atoms with Gasteiger partial charge in [0, 0.05) is 36.9 Å². The maximum Gasteiger partial charge on any atom is 0.268 e. The van der Waals surface area contributed by atoms with Crippen LogP contribution in [-0.2, 0) is 11.3 Å². The largest absolute Gasteiger partial charge is 0.378 e. The number of anilines is 1. The van der Waals surface area contributed by atoms with Crippen molar-refractivity contribution in [2.75, 3.05) is 31.2 Å². The van der Waals surface area contributed by atoms with Gasteiger partial charge in [0.05, 0.1) is 18.9 Å². The Morgan fingerprint density at radius 2 is 2.04 bits per heavy atom. The number of aromatic nitrogens is 1. The molecule has 1 amide bonds. The first-order chi connectivity index (χ1) is 11.0. The van der Waals surface area contributed by atoms with Gasteiger partial charge in [0.25, 0.3) is 5.91 Å². The van der Waals surface area contributed by atoms with Crippen LogP contribution in [0.4, 0.5) is 5.69 Å². The molecule has 2 heterocycles. The van der Waals surface area contributed by atoms with E-state index in [0.29, 0.717) is 6.54 Å². The predicted octanol–water partition coefficient (Wildman–Crippen LogP) is 2.66. The van der Waals surface area contributed by atoms with Gasteiger partial charge < -0.3 is 19.5 Å². The molecule has 2 rings (SSSR count). The zero-order valence-electron chi connectivity index (χ0n) is 14.8. The summed E-state index contributed by atoms with van der Waals surface area (Å²) < 4.78 is 7.53. The molecule has 5 nitrogen and oxygen atoms in total. The topological polar surface area (TPSA) is 46.5 Å². The quantitative estimate of drug-likeness (QED) is 0.820. The summed E-state index contributed by atoms with van der Waals surface area (Å²) in [6.07, 6.45) is 2.76. The maximum absolute atomic E-state index is 12.8. The van der Waals surface area contributed by atoms with Gasteiger partial charge in [-0.2, -0.15) is 0 Å². The minimum Gasteiger partial charge on any atom is -0.378 e. The van der Waals surface area contributed by atoms with Crippen molar-refractivity contribution in [2.24, 2.45) is 0 Å². The molecule has 1 atom stereocenters. The number of allylic oxidation sites excluding steroid dienone is 1. The molecule has 0 bridgehead atoms. The fourth-order valence-corrected chi connectivity index (χ4v) is 3.18. The van der Waals surface area contributed by atoms with E-state index in [1.807, 2.05) is 19.9 Å². The highest BCUT2D eigenvalue weighted by Crippen LogP contribution is 2.31. The van der Waals surface area contributed by atoms with E-state index in [-0.39, 0.29) is 11.9 Å². The van der Waals surface area contributed by atoms with E-state index < -0.39 is 0 Å². The normalized spacial score (nSPS) is 16.3. The van der Waals surface area contributed by atoms with Crippen molar-refractivity contribution in [1.29, 1.82) is 0 Å². The van der Waals surface area contributed by atoms with Crippen molar-refractivity contribution in [3.8, 4) is 0 Å². The number of amides is 1. The fourth-order valence-electron chi connectivity index (χ4n) is 3.18. The average Bonchev–Trinajstić information content (AvgIpc) is 2.79. The van der Waals surface area contributed by atoms with E-state index in [9.17, 15) is 4.79 Å². The van der Waals surface area contributed by atoms with Crippen molar-refractivity contribution in [3.05, 3.63) is 29.6 Å². The molecular weight excluding hydrogens is 290 g/mol. The summed E-state index contributed by atoms with van der Waals surface area (Å²) in [7, 11) is 0. The second kappa shape index (κ2) is 7.68. The first kappa shape index (κ1) is 17.6. The second-order valence-corrected chi connectivity index (χ2v) is 6.19. The monoisotopic (exact) mass is 319 g/mol. The van der Waals surface area contributed by atoms with Gasteiger partial charge in [-0.15, -0.1) is 6.58 Å².